The van der Waals surface area contributed by atoms with E-state index in [1.807, 2.05) is 18.2 Å². The Bertz CT molecular complexity index is 740. The van der Waals surface area contributed by atoms with E-state index in [1.54, 1.807) is 0 Å². The van der Waals surface area contributed by atoms with E-state index in [0.717, 1.165) is 31.4 Å². The second-order valence-electron chi connectivity index (χ2n) is 7.94. The summed E-state index contributed by atoms with van der Waals surface area (Å²) in [6.07, 6.45) is 6.78. The van der Waals surface area contributed by atoms with E-state index in [-0.39, 0.29) is 5.92 Å². The number of aryl methyl sites for hydroxylation is 1. The second-order valence-corrected chi connectivity index (χ2v) is 7.94. The topological polar surface area (TPSA) is 20.3 Å². The van der Waals surface area contributed by atoms with Crippen molar-refractivity contribution in [1.82, 2.24) is 4.90 Å². The third kappa shape index (κ3) is 3.48. The largest absolute Gasteiger partial charge is 0.294 e. The summed E-state index contributed by atoms with van der Waals surface area (Å²) >= 11 is 0. The molecule has 0 aromatic heterocycles. The van der Waals surface area contributed by atoms with E-state index in [9.17, 15) is 4.79 Å². The van der Waals surface area contributed by atoms with Crippen LogP contribution >= 0.6 is 0 Å². The van der Waals surface area contributed by atoms with E-state index in [1.165, 1.54) is 30.4 Å². The molecule has 2 atom stereocenters. The Kier molecular flexibility index (Phi) is 5.21. The molecule has 26 heavy (non-hydrogen) atoms. The van der Waals surface area contributed by atoms with E-state index < -0.39 is 0 Å². The molecule has 136 valence electrons. The first-order chi connectivity index (χ1) is 12.8. The van der Waals surface area contributed by atoms with Gasteiger partial charge in [0.15, 0.2) is 5.78 Å². The Morgan fingerprint density at radius 3 is 2.31 bits per heavy atom. The predicted molar refractivity (Wildman–Crippen MR) is 106 cm³/mol. The number of carbonyl (C=O) groups is 1. The van der Waals surface area contributed by atoms with Gasteiger partial charge in [-0.25, -0.2) is 0 Å². The number of rotatable bonds is 5. The number of piperidine rings is 2. The molecule has 0 N–H and O–H groups in total. The number of ketones is 1. The quantitative estimate of drug-likeness (QED) is 0.687. The fraction of sp³-hybridized carbons (Fsp3) is 0.458. The van der Waals surface area contributed by atoms with Crippen molar-refractivity contribution in [3.05, 3.63) is 71.3 Å². The molecule has 2 aromatic rings. The maximum Gasteiger partial charge on any atom is 0.166 e. The minimum absolute atomic E-state index is 0.199. The molecule has 0 amide bonds. The molecule has 0 saturated carbocycles. The van der Waals surface area contributed by atoms with Crippen molar-refractivity contribution >= 4 is 5.78 Å². The Balaban J connectivity index is 1.51. The van der Waals surface area contributed by atoms with E-state index in [2.05, 4.69) is 48.2 Å². The van der Waals surface area contributed by atoms with Crippen LogP contribution in [-0.2, 0) is 13.0 Å². The normalized spacial score (nSPS) is 25.8. The van der Waals surface area contributed by atoms with Gasteiger partial charge in [0.1, 0.15) is 0 Å². The molecule has 2 bridgehead atoms. The monoisotopic (exact) mass is 347 g/mol. The molecule has 0 radical (unpaired) electrons. The van der Waals surface area contributed by atoms with Crippen LogP contribution in [0, 0.1) is 5.92 Å². The Labute approximate surface area is 157 Å². The molecule has 2 aliphatic rings. The zero-order chi connectivity index (χ0) is 17.9. The van der Waals surface area contributed by atoms with Gasteiger partial charge in [0, 0.05) is 30.1 Å². The fourth-order valence-electron chi connectivity index (χ4n) is 5.03. The summed E-state index contributed by atoms with van der Waals surface area (Å²) < 4.78 is 0. The number of hydrogen-bond donors (Lipinski definition) is 0. The lowest BCUT2D eigenvalue weighted by atomic mass is 9.75. The highest BCUT2D eigenvalue weighted by Gasteiger charge is 2.40. The Morgan fingerprint density at radius 1 is 0.962 bits per heavy atom. The summed E-state index contributed by atoms with van der Waals surface area (Å²) in [5.41, 5.74) is 3.56. The fourth-order valence-corrected chi connectivity index (χ4v) is 5.03. The summed E-state index contributed by atoms with van der Waals surface area (Å²) in [6.45, 7) is 3.17. The smallest absolute Gasteiger partial charge is 0.166 e. The highest BCUT2D eigenvalue weighted by molar-refractivity contribution is 5.99. The minimum atomic E-state index is 0.199. The molecule has 0 aliphatic carbocycles. The molecule has 2 heteroatoms. The van der Waals surface area contributed by atoms with E-state index in [4.69, 9.17) is 0 Å². The third-order valence-electron chi connectivity index (χ3n) is 6.37. The highest BCUT2D eigenvalue weighted by atomic mass is 16.1. The molecular weight excluding hydrogens is 318 g/mol. The van der Waals surface area contributed by atoms with Crippen molar-refractivity contribution < 1.29 is 4.79 Å². The standard InChI is InChI=1S/C24H29NO/c1-2-19-11-6-7-14-23(19)24(26)20-15-21-12-8-13-22(16-20)25(21)17-18-9-4-3-5-10-18/h3-7,9-11,14,20-22H,2,8,12-13,15-17H2,1H3. The highest BCUT2D eigenvalue weighted by Crippen LogP contribution is 2.39. The summed E-state index contributed by atoms with van der Waals surface area (Å²) in [4.78, 5) is 15.9. The molecule has 4 rings (SSSR count). The lowest BCUT2D eigenvalue weighted by Crippen LogP contribution is -2.52. The van der Waals surface area contributed by atoms with Gasteiger partial charge >= 0.3 is 0 Å². The Morgan fingerprint density at radius 2 is 1.62 bits per heavy atom. The molecule has 2 fully saturated rings. The van der Waals surface area contributed by atoms with Crippen molar-refractivity contribution in [2.75, 3.05) is 0 Å². The number of benzene rings is 2. The van der Waals surface area contributed by atoms with Crippen molar-refractivity contribution in [1.29, 1.82) is 0 Å². The van der Waals surface area contributed by atoms with Gasteiger partial charge in [0.05, 0.1) is 0 Å². The molecule has 2 aliphatic heterocycles. The van der Waals surface area contributed by atoms with Gasteiger partial charge in [-0.15, -0.1) is 0 Å². The van der Waals surface area contributed by atoms with Crippen LogP contribution in [0.3, 0.4) is 0 Å². The molecule has 2 aromatic carbocycles. The third-order valence-corrected chi connectivity index (χ3v) is 6.37. The van der Waals surface area contributed by atoms with Crippen LogP contribution in [0.25, 0.3) is 0 Å². The van der Waals surface area contributed by atoms with Crippen LogP contribution < -0.4 is 0 Å². The van der Waals surface area contributed by atoms with Crippen LogP contribution in [0.2, 0.25) is 0 Å². The number of carbonyl (C=O) groups excluding carboxylic acids is 1. The van der Waals surface area contributed by atoms with Crippen LogP contribution in [0.1, 0.15) is 60.5 Å². The molecular formula is C24H29NO. The lowest BCUT2D eigenvalue weighted by molar-refractivity contribution is 0.00903. The average molecular weight is 348 g/mol. The SMILES string of the molecule is CCc1ccccc1C(=O)C1CC2CCCC(C1)N2Cc1ccccc1. The van der Waals surface area contributed by atoms with Crippen molar-refractivity contribution in [2.24, 2.45) is 5.92 Å². The summed E-state index contributed by atoms with van der Waals surface area (Å²) in [7, 11) is 0. The lowest BCUT2D eigenvalue weighted by Gasteiger charge is -2.48. The van der Waals surface area contributed by atoms with Gasteiger partial charge in [-0.2, -0.15) is 0 Å². The minimum Gasteiger partial charge on any atom is -0.294 e. The molecule has 2 saturated heterocycles. The number of hydrogen-bond acceptors (Lipinski definition) is 2. The van der Waals surface area contributed by atoms with Gasteiger partial charge in [-0.05, 0) is 43.2 Å². The maximum atomic E-state index is 13.3. The first-order valence-corrected chi connectivity index (χ1v) is 10.2. The van der Waals surface area contributed by atoms with E-state index >= 15 is 0 Å². The summed E-state index contributed by atoms with van der Waals surface area (Å²) in [5, 5.41) is 0. The summed E-state index contributed by atoms with van der Waals surface area (Å²) in [6, 6.07) is 20.1. The van der Waals surface area contributed by atoms with Gasteiger partial charge < -0.3 is 0 Å². The molecule has 2 nitrogen and oxygen atoms in total. The van der Waals surface area contributed by atoms with Crippen LogP contribution in [0.4, 0.5) is 0 Å². The van der Waals surface area contributed by atoms with Crippen LogP contribution in [0.15, 0.2) is 54.6 Å². The zero-order valence-electron chi connectivity index (χ0n) is 15.7. The van der Waals surface area contributed by atoms with Crippen LogP contribution in [-0.4, -0.2) is 22.8 Å². The summed E-state index contributed by atoms with van der Waals surface area (Å²) in [5.74, 6) is 0.587. The average Bonchev–Trinajstić information content (AvgIpc) is 2.68. The molecule has 2 heterocycles. The van der Waals surface area contributed by atoms with Crippen molar-refractivity contribution in [3.8, 4) is 0 Å². The van der Waals surface area contributed by atoms with Crippen LogP contribution in [0.5, 0.6) is 0 Å². The number of Topliss-reactive ketones (excluding diaryl/α,β-unsaturated/α-hetero) is 1. The zero-order valence-corrected chi connectivity index (χ0v) is 15.7. The van der Waals surface area contributed by atoms with E-state index in [0.29, 0.717) is 17.9 Å². The number of fused-ring (bicyclic) bond motifs is 2. The second kappa shape index (κ2) is 7.75. The molecule has 0 spiro atoms. The Hall–Kier alpha value is -1.93. The first-order valence-electron chi connectivity index (χ1n) is 10.2. The number of nitrogens with zero attached hydrogens (tertiary/aromatic N) is 1. The van der Waals surface area contributed by atoms with Gasteiger partial charge in [0.25, 0.3) is 0 Å². The maximum absolute atomic E-state index is 13.3. The molecule has 2 unspecified atom stereocenters. The van der Waals surface area contributed by atoms with Crippen molar-refractivity contribution in [2.45, 2.75) is 64.1 Å². The predicted octanol–water partition coefficient (Wildman–Crippen LogP) is 5.27. The van der Waals surface area contributed by atoms with Crippen molar-refractivity contribution in [3.63, 3.8) is 0 Å². The van der Waals surface area contributed by atoms with Gasteiger partial charge in [0.2, 0.25) is 0 Å². The van der Waals surface area contributed by atoms with Gasteiger partial charge in [-0.3, -0.25) is 9.69 Å². The first kappa shape index (κ1) is 17.5. The van der Waals surface area contributed by atoms with Gasteiger partial charge in [-0.1, -0.05) is 67.9 Å².